The molecule has 1 saturated heterocycles. The third-order valence-electron chi connectivity index (χ3n) is 4.55. The molecule has 0 unspecified atom stereocenters. The first-order valence-corrected chi connectivity index (χ1v) is 11.7. The van der Waals surface area contributed by atoms with E-state index in [0.29, 0.717) is 18.0 Å². The summed E-state index contributed by atoms with van der Waals surface area (Å²) >= 11 is 1.42. The Morgan fingerprint density at radius 2 is 2.04 bits per heavy atom. The number of carbonyl (C=O) groups is 1. The summed E-state index contributed by atoms with van der Waals surface area (Å²) in [6, 6.07) is 10.5. The molecule has 1 atom stereocenters. The summed E-state index contributed by atoms with van der Waals surface area (Å²) in [5.74, 6) is 0.251. The summed E-state index contributed by atoms with van der Waals surface area (Å²) in [6.07, 6.45) is 2.03. The van der Waals surface area contributed by atoms with Crippen LogP contribution in [0.25, 0.3) is 0 Å². The van der Waals surface area contributed by atoms with Crippen LogP contribution in [0.1, 0.15) is 41.9 Å². The zero-order chi connectivity index (χ0) is 20.1. The highest BCUT2D eigenvalue weighted by Gasteiger charge is 2.24. The van der Waals surface area contributed by atoms with Crippen LogP contribution in [-0.4, -0.2) is 43.7 Å². The van der Waals surface area contributed by atoms with Crippen molar-refractivity contribution in [2.75, 3.05) is 13.2 Å². The maximum absolute atomic E-state index is 12.9. The second-order valence-electron chi connectivity index (χ2n) is 7.07. The summed E-state index contributed by atoms with van der Waals surface area (Å²) in [6.45, 7) is 4.85. The molecule has 0 spiro atoms. The minimum Gasteiger partial charge on any atom is -0.382 e. The molecule has 2 aromatic rings. The van der Waals surface area contributed by atoms with Crippen LogP contribution >= 0.6 is 11.3 Å². The van der Waals surface area contributed by atoms with Crippen molar-refractivity contribution in [1.82, 2.24) is 4.90 Å². The van der Waals surface area contributed by atoms with Crippen LogP contribution in [0.5, 0.6) is 5.75 Å². The second-order valence-corrected chi connectivity index (χ2v) is 10.1. The van der Waals surface area contributed by atoms with Crippen molar-refractivity contribution in [3.05, 3.63) is 52.2 Å². The number of hydrogen-bond acceptors (Lipinski definition) is 6. The fourth-order valence-electron chi connectivity index (χ4n) is 2.91. The zero-order valence-corrected chi connectivity index (χ0v) is 17.7. The van der Waals surface area contributed by atoms with Gasteiger partial charge in [-0.1, -0.05) is 18.2 Å². The van der Waals surface area contributed by atoms with Crippen molar-refractivity contribution in [3.8, 4) is 5.75 Å². The Labute approximate surface area is 170 Å². The Morgan fingerprint density at radius 1 is 1.29 bits per heavy atom. The number of carbonyl (C=O) groups excluding carboxylic acids is 1. The fourth-order valence-corrected chi connectivity index (χ4v) is 4.17. The molecule has 1 aromatic carbocycles. The van der Waals surface area contributed by atoms with E-state index in [1.54, 1.807) is 43.0 Å². The molecule has 1 aliphatic rings. The molecule has 8 heteroatoms. The first kappa shape index (κ1) is 20.8. The molecule has 3 rings (SSSR count). The predicted molar refractivity (Wildman–Crippen MR) is 109 cm³/mol. The van der Waals surface area contributed by atoms with E-state index in [4.69, 9.17) is 8.92 Å². The minimum atomic E-state index is -3.63. The van der Waals surface area contributed by atoms with E-state index in [-0.39, 0.29) is 17.8 Å². The Hall–Kier alpha value is -1.90. The number of rotatable bonds is 8. The highest BCUT2D eigenvalue weighted by molar-refractivity contribution is 7.87. The number of nitrogens with zero attached hydrogens (tertiary/aromatic N) is 1. The number of hydrogen-bond donors (Lipinski definition) is 0. The summed E-state index contributed by atoms with van der Waals surface area (Å²) < 4.78 is 34.6. The summed E-state index contributed by atoms with van der Waals surface area (Å²) in [5, 5.41) is 1.27. The average Bonchev–Trinajstić information content (AvgIpc) is 3.35. The van der Waals surface area contributed by atoms with Gasteiger partial charge >= 0.3 is 10.1 Å². The standard InChI is InChI=1S/C20H25NO5S2/c1-15(2)28(23,24)26-17-9-7-16(8-10-17)13-21(14-18-5-3-11-25-18)20(22)19-6-4-12-27-19/h4,6-10,12,15,18H,3,5,11,13-14H2,1-2H3/t18-/m0/s1. The molecular weight excluding hydrogens is 398 g/mol. The van der Waals surface area contributed by atoms with Gasteiger partial charge < -0.3 is 13.8 Å². The van der Waals surface area contributed by atoms with Gasteiger partial charge in [-0.2, -0.15) is 8.42 Å². The molecule has 1 aliphatic heterocycles. The minimum absolute atomic E-state index is 0.0202. The van der Waals surface area contributed by atoms with E-state index < -0.39 is 15.4 Å². The lowest BCUT2D eigenvalue weighted by Crippen LogP contribution is -2.36. The van der Waals surface area contributed by atoms with Gasteiger partial charge in [-0.25, -0.2) is 0 Å². The van der Waals surface area contributed by atoms with Gasteiger partial charge in [0.05, 0.1) is 16.2 Å². The molecule has 0 N–H and O–H groups in total. The van der Waals surface area contributed by atoms with Crippen molar-refractivity contribution in [1.29, 1.82) is 0 Å². The maximum Gasteiger partial charge on any atom is 0.311 e. The normalized spacial score (nSPS) is 17.0. The lowest BCUT2D eigenvalue weighted by molar-refractivity contribution is 0.0511. The van der Waals surface area contributed by atoms with Gasteiger partial charge in [-0.05, 0) is 55.8 Å². The molecule has 1 fully saturated rings. The summed E-state index contributed by atoms with van der Waals surface area (Å²) in [4.78, 5) is 15.4. The smallest absolute Gasteiger partial charge is 0.311 e. The van der Waals surface area contributed by atoms with Gasteiger partial charge in [0.25, 0.3) is 5.91 Å². The van der Waals surface area contributed by atoms with E-state index in [2.05, 4.69) is 0 Å². The second kappa shape index (κ2) is 9.07. The molecule has 0 saturated carbocycles. The quantitative estimate of drug-likeness (QED) is 0.606. The monoisotopic (exact) mass is 423 g/mol. The van der Waals surface area contributed by atoms with E-state index in [9.17, 15) is 13.2 Å². The Bertz CT molecular complexity index is 870. The van der Waals surface area contributed by atoms with Gasteiger partial charge in [0.15, 0.2) is 0 Å². The maximum atomic E-state index is 12.9. The molecule has 0 aliphatic carbocycles. The molecule has 152 valence electrons. The molecule has 0 radical (unpaired) electrons. The SMILES string of the molecule is CC(C)S(=O)(=O)Oc1ccc(CN(C[C@@H]2CCCO2)C(=O)c2cccs2)cc1. The van der Waals surface area contributed by atoms with Gasteiger partial charge in [-0.3, -0.25) is 4.79 Å². The van der Waals surface area contributed by atoms with Crippen molar-refractivity contribution in [3.63, 3.8) is 0 Å². The number of amides is 1. The van der Waals surface area contributed by atoms with E-state index in [0.717, 1.165) is 25.0 Å². The van der Waals surface area contributed by atoms with Crippen LogP contribution in [0.2, 0.25) is 0 Å². The Kier molecular flexibility index (Phi) is 6.74. The lowest BCUT2D eigenvalue weighted by atomic mass is 10.1. The molecular formula is C20H25NO5S2. The number of benzene rings is 1. The highest BCUT2D eigenvalue weighted by atomic mass is 32.2. The van der Waals surface area contributed by atoms with Gasteiger partial charge in [-0.15, -0.1) is 11.3 Å². The van der Waals surface area contributed by atoms with Crippen molar-refractivity contribution < 1.29 is 22.1 Å². The summed E-state index contributed by atoms with van der Waals surface area (Å²) in [5.41, 5.74) is 0.900. The van der Waals surface area contributed by atoms with Gasteiger partial charge in [0, 0.05) is 19.7 Å². The molecule has 28 heavy (non-hydrogen) atoms. The summed E-state index contributed by atoms with van der Waals surface area (Å²) in [7, 11) is -3.63. The Morgan fingerprint density at radius 3 is 2.61 bits per heavy atom. The van der Waals surface area contributed by atoms with E-state index >= 15 is 0 Å². The van der Waals surface area contributed by atoms with Crippen molar-refractivity contribution in [2.45, 2.75) is 44.6 Å². The largest absolute Gasteiger partial charge is 0.382 e. The average molecular weight is 424 g/mol. The van der Waals surface area contributed by atoms with E-state index in [1.807, 2.05) is 17.5 Å². The van der Waals surface area contributed by atoms with Crippen molar-refractivity contribution >= 4 is 27.4 Å². The number of ether oxygens (including phenoxy) is 1. The van der Waals surface area contributed by atoms with Crippen LogP contribution in [0.3, 0.4) is 0 Å². The zero-order valence-electron chi connectivity index (χ0n) is 16.0. The lowest BCUT2D eigenvalue weighted by Gasteiger charge is -2.25. The van der Waals surface area contributed by atoms with Crippen LogP contribution < -0.4 is 4.18 Å². The first-order valence-electron chi connectivity index (χ1n) is 9.32. The van der Waals surface area contributed by atoms with E-state index in [1.165, 1.54) is 11.3 Å². The van der Waals surface area contributed by atoms with Gasteiger partial charge in [0.1, 0.15) is 5.75 Å². The molecule has 0 bridgehead atoms. The van der Waals surface area contributed by atoms with Crippen LogP contribution in [-0.2, 0) is 21.4 Å². The number of thiophene rings is 1. The molecule has 6 nitrogen and oxygen atoms in total. The first-order chi connectivity index (χ1) is 13.3. The van der Waals surface area contributed by atoms with Crippen LogP contribution in [0, 0.1) is 0 Å². The van der Waals surface area contributed by atoms with Crippen LogP contribution in [0.4, 0.5) is 0 Å². The molecule has 2 heterocycles. The Balaban J connectivity index is 1.71. The molecule has 1 amide bonds. The molecule has 1 aromatic heterocycles. The fraction of sp³-hybridized carbons (Fsp3) is 0.450. The van der Waals surface area contributed by atoms with Gasteiger partial charge in [0.2, 0.25) is 0 Å². The third-order valence-corrected chi connectivity index (χ3v) is 6.99. The topological polar surface area (TPSA) is 72.9 Å². The van der Waals surface area contributed by atoms with Crippen molar-refractivity contribution in [2.24, 2.45) is 0 Å². The van der Waals surface area contributed by atoms with Crippen LogP contribution in [0.15, 0.2) is 41.8 Å². The predicted octanol–water partition coefficient (Wildman–Crippen LogP) is 3.69. The third kappa shape index (κ3) is 5.33. The highest BCUT2D eigenvalue weighted by Crippen LogP contribution is 2.21.